The topological polar surface area (TPSA) is 91.0 Å². The van der Waals surface area contributed by atoms with Crippen molar-refractivity contribution in [1.29, 1.82) is 0 Å². The maximum absolute atomic E-state index is 5.68. The number of nitrogen functional groups attached to an aromatic ring is 1. The molecule has 0 saturated carbocycles. The molecule has 4 N–H and O–H groups in total. The predicted molar refractivity (Wildman–Crippen MR) is 63.3 cm³/mol. The van der Waals surface area contributed by atoms with E-state index in [4.69, 9.17) is 15.9 Å². The van der Waals surface area contributed by atoms with Gasteiger partial charge in [0, 0.05) is 6.54 Å². The average molecular weight is 241 g/mol. The van der Waals surface area contributed by atoms with Crippen LogP contribution in [0.5, 0.6) is 0 Å². The third-order valence-corrected chi connectivity index (χ3v) is 2.19. The van der Waals surface area contributed by atoms with E-state index in [9.17, 15) is 0 Å². The molecule has 0 fully saturated rings. The van der Waals surface area contributed by atoms with Gasteiger partial charge in [0.1, 0.15) is 0 Å². The maximum atomic E-state index is 5.68. The summed E-state index contributed by atoms with van der Waals surface area (Å²) in [5.74, 6) is 0.372. The van der Waals surface area contributed by atoms with Gasteiger partial charge in [0.15, 0.2) is 0 Å². The highest BCUT2D eigenvalue weighted by Gasteiger charge is 2.18. The van der Waals surface area contributed by atoms with Crippen LogP contribution in [0.4, 0.5) is 6.01 Å². The number of nitrogens with two attached hydrogens (primary N) is 2. The smallest absolute Gasteiger partial charge is 0.312 e. The molecule has 2 aromatic rings. The van der Waals surface area contributed by atoms with Crippen molar-refractivity contribution in [3.8, 4) is 0 Å². The van der Waals surface area contributed by atoms with Crippen molar-refractivity contribution in [2.45, 2.75) is 5.92 Å². The van der Waals surface area contributed by atoms with Gasteiger partial charge < -0.3 is 15.9 Å². The lowest BCUT2D eigenvalue weighted by molar-refractivity contribution is 0.485. The minimum absolute atomic E-state index is 0. The molecule has 0 saturated heterocycles. The van der Waals surface area contributed by atoms with Gasteiger partial charge in [0.25, 0.3) is 0 Å². The zero-order valence-corrected chi connectivity index (χ0v) is 9.35. The van der Waals surface area contributed by atoms with Crippen LogP contribution in [0.1, 0.15) is 17.4 Å². The highest BCUT2D eigenvalue weighted by molar-refractivity contribution is 5.85. The van der Waals surface area contributed by atoms with Crippen LogP contribution in [0.25, 0.3) is 0 Å². The zero-order valence-electron chi connectivity index (χ0n) is 8.54. The lowest BCUT2D eigenvalue weighted by Gasteiger charge is -2.09. The Morgan fingerprint density at radius 2 is 1.88 bits per heavy atom. The first-order valence-corrected chi connectivity index (χ1v) is 4.65. The molecule has 0 aliphatic heterocycles. The number of hydrogen-bond acceptors (Lipinski definition) is 5. The van der Waals surface area contributed by atoms with Crippen molar-refractivity contribution >= 4 is 18.4 Å². The second-order valence-electron chi connectivity index (χ2n) is 3.18. The predicted octanol–water partition coefficient (Wildman–Crippen LogP) is 1.16. The van der Waals surface area contributed by atoms with Gasteiger partial charge in [0.2, 0.25) is 5.89 Å². The van der Waals surface area contributed by atoms with E-state index in [2.05, 4.69) is 10.2 Å². The number of aromatic nitrogens is 2. The van der Waals surface area contributed by atoms with E-state index >= 15 is 0 Å². The Balaban J connectivity index is 0.00000128. The summed E-state index contributed by atoms with van der Waals surface area (Å²) in [6.45, 7) is 0.408. The van der Waals surface area contributed by atoms with E-state index < -0.39 is 0 Å². The quantitative estimate of drug-likeness (QED) is 0.840. The second-order valence-corrected chi connectivity index (χ2v) is 3.18. The van der Waals surface area contributed by atoms with Crippen LogP contribution in [0.15, 0.2) is 34.7 Å². The molecule has 0 bridgehead atoms. The molecule has 1 aromatic carbocycles. The molecule has 1 aromatic heterocycles. The van der Waals surface area contributed by atoms with E-state index in [1.54, 1.807) is 0 Å². The molecular weight excluding hydrogens is 228 g/mol. The van der Waals surface area contributed by atoms with Crippen molar-refractivity contribution in [3.63, 3.8) is 0 Å². The Morgan fingerprint density at radius 3 is 2.38 bits per heavy atom. The summed E-state index contributed by atoms with van der Waals surface area (Å²) in [6, 6.07) is 9.84. The largest absolute Gasteiger partial charge is 0.408 e. The fourth-order valence-corrected chi connectivity index (χ4v) is 1.45. The van der Waals surface area contributed by atoms with Gasteiger partial charge in [-0.1, -0.05) is 35.4 Å². The van der Waals surface area contributed by atoms with E-state index in [-0.39, 0.29) is 24.3 Å². The molecule has 2 rings (SSSR count). The minimum atomic E-state index is -0.0870. The number of benzene rings is 1. The van der Waals surface area contributed by atoms with Crippen LogP contribution >= 0.6 is 12.4 Å². The van der Waals surface area contributed by atoms with Crippen LogP contribution in [0.2, 0.25) is 0 Å². The average Bonchev–Trinajstić information content (AvgIpc) is 2.68. The van der Waals surface area contributed by atoms with E-state index in [1.807, 2.05) is 30.3 Å². The highest BCUT2D eigenvalue weighted by Crippen LogP contribution is 2.22. The van der Waals surface area contributed by atoms with Crippen LogP contribution in [0, 0.1) is 0 Å². The van der Waals surface area contributed by atoms with E-state index in [1.165, 1.54) is 0 Å². The van der Waals surface area contributed by atoms with Gasteiger partial charge in [-0.3, -0.25) is 0 Å². The molecule has 0 radical (unpaired) electrons. The van der Waals surface area contributed by atoms with Gasteiger partial charge in [0.05, 0.1) is 5.92 Å². The lowest BCUT2D eigenvalue weighted by Crippen LogP contribution is -2.14. The number of halogens is 1. The van der Waals surface area contributed by atoms with Crippen LogP contribution in [-0.2, 0) is 0 Å². The molecule has 1 unspecified atom stereocenters. The van der Waals surface area contributed by atoms with Crippen molar-refractivity contribution in [3.05, 3.63) is 41.8 Å². The zero-order chi connectivity index (χ0) is 10.7. The molecule has 0 aliphatic rings. The fourth-order valence-electron chi connectivity index (χ4n) is 1.45. The van der Waals surface area contributed by atoms with Crippen molar-refractivity contribution in [1.82, 2.24) is 10.2 Å². The van der Waals surface area contributed by atoms with Crippen LogP contribution in [-0.4, -0.2) is 16.7 Å². The van der Waals surface area contributed by atoms with Gasteiger partial charge in [-0.2, -0.15) is 0 Å². The number of anilines is 1. The lowest BCUT2D eigenvalue weighted by atomic mass is 9.99. The number of rotatable bonds is 3. The SMILES string of the molecule is Cl.NCC(c1ccccc1)c1nnc(N)o1. The normalized spacial score (nSPS) is 11.8. The monoisotopic (exact) mass is 240 g/mol. The molecular formula is C10H13ClN4O. The first-order chi connectivity index (χ1) is 7.31. The standard InChI is InChI=1S/C10H12N4O.ClH/c11-6-8(7-4-2-1-3-5-7)9-13-14-10(12)15-9;/h1-5,8H,6,11H2,(H2,12,14);1H. The summed E-state index contributed by atoms with van der Waals surface area (Å²) in [5, 5.41) is 7.46. The summed E-state index contributed by atoms with van der Waals surface area (Å²) in [6.07, 6.45) is 0. The Morgan fingerprint density at radius 1 is 1.19 bits per heavy atom. The summed E-state index contributed by atoms with van der Waals surface area (Å²) >= 11 is 0. The van der Waals surface area contributed by atoms with Crippen LogP contribution in [0.3, 0.4) is 0 Å². The highest BCUT2D eigenvalue weighted by atomic mass is 35.5. The molecule has 16 heavy (non-hydrogen) atoms. The third kappa shape index (κ3) is 2.50. The first kappa shape index (κ1) is 12.5. The minimum Gasteiger partial charge on any atom is -0.408 e. The molecule has 1 heterocycles. The van der Waals surface area contributed by atoms with E-state index in [0.717, 1.165) is 5.56 Å². The number of nitrogens with zero attached hydrogens (tertiary/aromatic N) is 2. The summed E-state index contributed by atoms with van der Waals surface area (Å²) in [5.41, 5.74) is 12.1. The summed E-state index contributed by atoms with van der Waals surface area (Å²) in [4.78, 5) is 0. The van der Waals surface area contributed by atoms with Gasteiger partial charge >= 0.3 is 6.01 Å². The molecule has 5 nitrogen and oxygen atoms in total. The molecule has 1 atom stereocenters. The van der Waals surface area contributed by atoms with Crippen LogP contribution < -0.4 is 11.5 Å². The first-order valence-electron chi connectivity index (χ1n) is 4.65. The van der Waals surface area contributed by atoms with Crippen molar-refractivity contribution in [2.75, 3.05) is 12.3 Å². The Labute approximate surface area is 99.3 Å². The molecule has 6 heteroatoms. The number of hydrogen-bond donors (Lipinski definition) is 2. The maximum Gasteiger partial charge on any atom is 0.312 e. The second kappa shape index (κ2) is 5.48. The van der Waals surface area contributed by atoms with Gasteiger partial charge in [-0.05, 0) is 5.56 Å². The summed E-state index contributed by atoms with van der Waals surface area (Å²) in [7, 11) is 0. The third-order valence-electron chi connectivity index (χ3n) is 2.19. The fraction of sp³-hybridized carbons (Fsp3) is 0.200. The Kier molecular flexibility index (Phi) is 4.28. The molecule has 86 valence electrons. The molecule has 0 aliphatic carbocycles. The van der Waals surface area contributed by atoms with Gasteiger partial charge in [-0.25, -0.2) is 0 Å². The molecule has 0 spiro atoms. The Bertz CT molecular complexity index is 431. The van der Waals surface area contributed by atoms with E-state index in [0.29, 0.717) is 12.4 Å². The molecule has 0 amide bonds. The van der Waals surface area contributed by atoms with Gasteiger partial charge in [-0.15, -0.1) is 17.5 Å². The van der Waals surface area contributed by atoms with Crippen molar-refractivity contribution < 1.29 is 4.42 Å². The Hall–Kier alpha value is -1.59. The summed E-state index contributed by atoms with van der Waals surface area (Å²) < 4.78 is 5.17. The van der Waals surface area contributed by atoms with Crippen molar-refractivity contribution in [2.24, 2.45) is 5.73 Å².